The first-order chi connectivity index (χ1) is 11.9. The number of rotatable bonds is 0. The highest BCUT2D eigenvalue weighted by Crippen LogP contribution is 2.40. The number of aromatic nitrogens is 1. The van der Waals surface area contributed by atoms with Gasteiger partial charge in [-0.1, -0.05) is 48.5 Å². The van der Waals surface area contributed by atoms with E-state index in [1.807, 2.05) is 0 Å². The predicted octanol–water partition coefficient (Wildman–Crippen LogP) is 6.37. The van der Waals surface area contributed by atoms with E-state index >= 15 is 0 Å². The highest BCUT2D eigenvalue weighted by atomic mass is 16.3. The Bertz CT molecular complexity index is 1400. The quantitative estimate of drug-likeness (QED) is 0.347. The van der Waals surface area contributed by atoms with Crippen molar-refractivity contribution in [3.63, 3.8) is 0 Å². The number of hydrogen-bond donors (Lipinski definition) is 1. The van der Waals surface area contributed by atoms with E-state index in [-0.39, 0.29) is 0 Å². The SMILES string of the molecule is c1ccc2c(c1)ccc1c2oc2ccc3[nH]c4ccccc4c3c21. The van der Waals surface area contributed by atoms with E-state index in [9.17, 15) is 0 Å². The summed E-state index contributed by atoms with van der Waals surface area (Å²) < 4.78 is 6.28. The molecule has 0 saturated carbocycles. The van der Waals surface area contributed by atoms with Gasteiger partial charge in [0.25, 0.3) is 0 Å². The first-order valence-electron chi connectivity index (χ1n) is 8.13. The lowest BCUT2D eigenvalue weighted by atomic mass is 10.0. The highest BCUT2D eigenvalue weighted by molar-refractivity contribution is 6.28. The number of aromatic amines is 1. The van der Waals surface area contributed by atoms with Crippen LogP contribution in [0.2, 0.25) is 0 Å². The normalized spacial score (nSPS) is 12.2. The molecule has 0 atom stereocenters. The molecule has 0 aliphatic carbocycles. The van der Waals surface area contributed by atoms with Crippen LogP contribution in [-0.2, 0) is 0 Å². The van der Waals surface area contributed by atoms with Crippen LogP contribution in [0.25, 0.3) is 54.5 Å². The zero-order chi connectivity index (χ0) is 15.7. The largest absolute Gasteiger partial charge is 0.455 e. The van der Waals surface area contributed by atoms with Crippen molar-refractivity contribution in [1.29, 1.82) is 0 Å². The molecule has 0 unspecified atom stereocenters. The van der Waals surface area contributed by atoms with E-state index in [1.54, 1.807) is 0 Å². The summed E-state index contributed by atoms with van der Waals surface area (Å²) in [6, 6.07) is 25.4. The number of fused-ring (bicyclic) bond motifs is 9. The molecule has 2 aromatic heterocycles. The molecule has 6 rings (SSSR count). The van der Waals surface area contributed by atoms with E-state index in [0.717, 1.165) is 22.2 Å². The third-order valence-electron chi connectivity index (χ3n) is 4.99. The second-order valence-electron chi connectivity index (χ2n) is 6.30. The Kier molecular flexibility index (Phi) is 2.12. The average molecular weight is 307 g/mol. The lowest BCUT2D eigenvalue weighted by Gasteiger charge is -1.98. The molecule has 2 heteroatoms. The Morgan fingerprint density at radius 1 is 0.583 bits per heavy atom. The average Bonchev–Trinajstić information content (AvgIpc) is 3.19. The molecule has 0 aliphatic heterocycles. The van der Waals surface area contributed by atoms with Gasteiger partial charge in [-0.25, -0.2) is 0 Å². The Labute approximate surface area is 137 Å². The van der Waals surface area contributed by atoms with Crippen LogP contribution in [0.3, 0.4) is 0 Å². The minimum absolute atomic E-state index is 0.943. The highest BCUT2D eigenvalue weighted by Gasteiger charge is 2.15. The molecule has 112 valence electrons. The smallest absolute Gasteiger partial charge is 0.143 e. The number of H-pyrrole nitrogens is 1. The summed E-state index contributed by atoms with van der Waals surface area (Å²) in [5.41, 5.74) is 4.23. The van der Waals surface area contributed by atoms with E-state index in [1.165, 1.54) is 32.3 Å². The van der Waals surface area contributed by atoms with Crippen molar-refractivity contribution in [2.45, 2.75) is 0 Å². The lowest BCUT2D eigenvalue weighted by molar-refractivity contribution is 0.673. The molecule has 0 fully saturated rings. The minimum atomic E-state index is 0.943. The van der Waals surface area contributed by atoms with Gasteiger partial charge >= 0.3 is 0 Å². The third kappa shape index (κ3) is 1.41. The number of para-hydroxylation sites is 1. The summed E-state index contributed by atoms with van der Waals surface area (Å²) in [5, 5.41) is 7.24. The third-order valence-corrected chi connectivity index (χ3v) is 4.99. The van der Waals surface area contributed by atoms with Gasteiger partial charge in [0.2, 0.25) is 0 Å². The van der Waals surface area contributed by atoms with E-state index < -0.39 is 0 Å². The summed E-state index contributed by atoms with van der Waals surface area (Å²) in [5.74, 6) is 0. The van der Waals surface area contributed by atoms with Gasteiger partial charge in [-0.2, -0.15) is 0 Å². The fourth-order valence-electron chi connectivity index (χ4n) is 3.93. The second-order valence-corrected chi connectivity index (χ2v) is 6.30. The molecule has 2 nitrogen and oxygen atoms in total. The Morgan fingerprint density at radius 2 is 1.42 bits per heavy atom. The number of furan rings is 1. The molecule has 2 heterocycles. The van der Waals surface area contributed by atoms with Crippen LogP contribution in [0, 0.1) is 0 Å². The van der Waals surface area contributed by atoms with Crippen molar-refractivity contribution in [2.24, 2.45) is 0 Å². The molecular weight excluding hydrogens is 294 g/mol. The minimum Gasteiger partial charge on any atom is -0.455 e. The molecule has 1 N–H and O–H groups in total. The van der Waals surface area contributed by atoms with Gasteiger partial charge in [0.05, 0.1) is 0 Å². The topological polar surface area (TPSA) is 28.9 Å². The number of nitrogens with one attached hydrogen (secondary N) is 1. The van der Waals surface area contributed by atoms with Crippen LogP contribution in [0.4, 0.5) is 0 Å². The van der Waals surface area contributed by atoms with Crippen molar-refractivity contribution in [3.8, 4) is 0 Å². The maximum atomic E-state index is 6.28. The fourth-order valence-corrected chi connectivity index (χ4v) is 3.93. The van der Waals surface area contributed by atoms with Gasteiger partial charge in [0, 0.05) is 38.0 Å². The van der Waals surface area contributed by atoms with Gasteiger partial charge in [-0.3, -0.25) is 0 Å². The molecule has 0 aliphatic rings. The molecule has 4 aromatic carbocycles. The molecule has 0 spiro atoms. The summed E-state index contributed by atoms with van der Waals surface area (Å²) in [7, 11) is 0. The zero-order valence-corrected chi connectivity index (χ0v) is 12.8. The second kappa shape index (κ2) is 4.18. The first-order valence-corrected chi connectivity index (χ1v) is 8.13. The van der Waals surface area contributed by atoms with Gasteiger partial charge in [-0.15, -0.1) is 0 Å². The molecule has 0 amide bonds. The summed E-state index contributed by atoms with van der Waals surface area (Å²) in [6.07, 6.45) is 0. The summed E-state index contributed by atoms with van der Waals surface area (Å²) >= 11 is 0. The van der Waals surface area contributed by atoms with Crippen LogP contribution < -0.4 is 0 Å². The van der Waals surface area contributed by atoms with Crippen LogP contribution >= 0.6 is 0 Å². The van der Waals surface area contributed by atoms with E-state index in [4.69, 9.17) is 4.42 Å². The Balaban J connectivity index is 1.95. The van der Waals surface area contributed by atoms with E-state index in [2.05, 4.69) is 77.8 Å². The monoisotopic (exact) mass is 307 g/mol. The van der Waals surface area contributed by atoms with Crippen molar-refractivity contribution in [3.05, 3.63) is 72.8 Å². The fraction of sp³-hybridized carbons (Fsp3) is 0. The molecule has 0 bridgehead atoms. The summed E-state index contributed by atoms with van der Waals surface area (Å²) in [4.78, 5) is 3.52. The van der Waals surface area contributed by atoms with E-state index in [0.29, 0.717) is 0 Å². The Morgan fingerprint density at radius 3 is 2.38 bits per heavy atom. The molecule has 24 heavy (non-hydrogen) atoms. The van der Waals surface area contributed by atoms with Crippen LogP contribution in [0.5, 0.6) is 0 Å². The molecule has 6 aromatic rings. The maximum Gasteiger partial charge on any atom is 0.143 e. The summed E-state index contributed by atoms with van der Waals surface area (Å²) in [6.45, 7) is 0. The predicted molar refractivity (Wildman–Crippen MR) is 101 cm³/mol. The first kappa shape index (κ1) is 12.2. The zero-order valence-electron chi connectivity index (χ0n) is 12.8. The number of benzene rings is 4. The number of hydrogen-bond acceptors (Lipinski definition) is 1. The maximum absolute atomic E-state index is 6.28. The van der Waals surface area contributed by atoms with Crippen LogP contribution in [-0.4, -0.2) is 4.98 Å². The lowest BCUT2D eigenvalue weighted by Crippen LogP contribution is -1.73. The standard InChI is InChI=1S/C22H13NO/c1-2-6-14-13(5-1)9-10-16-21-19(24-22(14)16)12-11-18-20(21)15-7-3-4-8-17(15)23-18/h1-12,23H. The molecular formula is C22H13NO. The van der Waals surface area contributed by atoms with Gasteiger partial charge < -0.3 is 9.40 Å². The van der Waals surface area contributed by atoms with Crippen LogP contribution in [0.1, 0.15) is 0 Å². The van der Waals surface area contributed by atoms with Crippen LogP contribution in [0.15, 0.2) is 77.2 Å². The Hall–Kier alpha value is -3.26. The van der Waals surface area contributed by atoms with Gasteiger partial charge in [0.15, 0.2) is 0 Å². The van der Waals surface area contributed by atoms with Crippen molar-refractivity contribution >= 4 is 54.5 Å². The van der Waals surface area contributed by atoms with Crippen molar-refractivity contribution < 1.29 is 4.42 Å². The van der Waals surface area contributed by atoms with Crippen molar-refractivity contribution in [1.82, 2.24) is 4.98 Å². The van der Waals surface area contributed by atoms with Gasteiger partial charge in [-0.05, 0) is 29.7 Å². The molecule has 0 saturated heterocycles. The van der Waals surface area contributed by atoms with Gasteiger partial charge in [0.1, 0.15) is 11.2 Å². The molecule has 0 radical (unpaired) electrons. The van der Waals surface area contributed by atoms with Crippen molar-refractivity contribution in [2.75, 3.05) is 0 Å².